The first kappa shape index (κ1) is 14.0. The Hall–Kier alpha value is -2.44. The Kier molecular flexibility index (Phi) is 3.69. The van der Waals surface area contributed by atoms with Crippen molar-refractivity contribution in [3.05, 3.63) is 47.2 Å². The number of nitrogens with two attached hydrogens (primary N) is 1. The molecule has 2 rings (SSSR count). The van der Waals surface area contributed by atoms with Gasteiger partial charge in [-0.3, -0.25) is 9.89 Å². The van der Waals surface area contributed by atoms with Gasteiger partial charge in [-0.1, -0.05) is 6.07 Å². The van der Waals surface area contributed by atoms with Gasteiger partial charge < -0.3 is 10.6 Å². The molecule has 0 spiro atoms. The van der Waals surface area contributed by atoms with E-state index in [9.17, 15) is 13.6 Å². The number of benzene rings is 1. The number of carbonyl (C=O) groups excluding carboxylic acids is 1. The monoisotopic (exact) mass is 280 g/mol. The molecule has 3 N–H and O–H groups in total. The summed E-state index contributed by atoms with van der Waals surface area (Å²) in [5.41, 5.74) is 6.16. The minimum Gasteiger partial charge on any atom is -0.382 e. The molecule has 106 valence electrons. The van der Waals surface area contributed by atoms with E-state index in [-0.39, 0.29) is 17.4 Å². The third kappa shape index (κ3) is 2.61. The van der Waals surface area contributed by atoms with Crippen LogP contribution in [0.4, 0.5) is 14.6 Å². The number of rotatable bonds is 3. The summed E-state index contributed by atoms with van der Waals surface area (Å²) in [6, 6.07) is 4.53. The number of hydrogen-bond acceptors (Lipinski definition) is 3. The second-order valence-electron chi connectivity index (χ2n) is 4.47. The number of nitrogen functional groups attached to an aromatic ring is 1. The fraction of sp³-hybridized carbons (Fsp3) is 0.231. The van der Waals surface area contributed by atoms with Crippen LogP contribution < -0.4 is 5.73 Å². The van der Waals surface area contributed by atoms with Crippen molar-refractivity contribution in [1.82, 2.24) is 15.1 Å². The van der Waals surface area contributed by atoms with Gasteiger partial charge in [-0.15, -0.1) is 0 Å². The zero-order chi connectivity index (χ0) is 14.9. The Bertz CT molecular complexity index is 641. The molecular formula is C13H14F2N4O. The van der Waals surface area contributed by atoms with Gasteiger partial charge in [-0.05, 0) is 24.6 Å². The number of nitrogens with zero attached hydrogens (tertiary/aromatic N) is 2. The van der Waals surface area contributed by atoms with Gasteiger partial charge in [0.15, 0.2) is 11.6 Å². The molecule has 0 bridgehead atoms. The molecule has 7 heteroatoms. The highest BCUT2D eigenvalue weighted by atomic mass is 19.2. The molecule has 0 radical (unpaired) electrons. The highest BCUT2D eigenvalue weighted by Crippen LogP contribution is 2.22. The Balaban J connectivity index is 2.21. The molecule has 0 fully saturated rings. The zero-order valence-corrected chi connectivity index (χ0v) is 11.0. The Labute approximate surface area is 114 Å². The summed E-state index contributed by atoms with van der Waals surface area (Å²) in [5.74, 6) is -1.99. The SMILES string of the molecule is CC(c1ccc(F)c(F)c1)N(C)C(=O)c1cc(N)n[nH]1. The molecule has 20 heavy (non-hydrogen) atoms. The molecule has 0 aliphatic heterocycles. The molecule has 0 saturated carbocycles. The molecular weight excluding hydrogens is 266 g/mol. The largest absolute Gasteiger partial charge is 0.382 e. The smallest absolute Gasteiger partial charge is 0.272 e. The van der Waals surface area contributed by atoms with E-state index in [4.69, 9.17) is 5.73 Å². The van der Waals surface area contributed by atoms with E-state index < -0.39 is 17.7 Å². The van der Waals surface area contributed by atoms with Crippen LogP contribution in [0.15, 0.2) is 24.3 Å². The maximum absolute atomic E-state index is 13.2. The quantitative estimate of drug-likeness (QED) is 0.904. The lowest BCUT2D eigenvalue weighted by molar-refractivity contribution is 0.0736. The summed E-state index contributed by atoms with van der Waals surface area (Å²) in [5, 5.41) is 6.19. The average molecular weight is 280 g/mol. The van der Waals surface area contributed by atoms with Crippen LogP contribution in [0, 0.1) is 11.6 Å². The number of aromatic nitrogens is 2. The minimum atomic E-state index is -0.944. The van der Waals surface area contributed by atoms with Crippen LogP contribution >= 0.6 is 0 Å². The van der Waals surface area contributed by atoms with Gasteiger partial charge in [-0.2, -0.15) is 5.10 Å². The summed E-state index contributed by atoms with van der Waals surface area (Å²) >= 11 is 0. The first-order valence-corrected chi connectivity index (χ1v) is 5.93. The van der Waals surface area contributed by atoms with Gasteiger partial charge >= 0.3 is 0 Å². The van der Waals surface area contributed by atoms with Gasteiger partial charge in [-0.25, -0.2) is 8.78 Å². The first-order chi connectivity index (χ1) is 9.40. The van der Waals surface area contributed by atoms with Crippen molar-refractivity contribution in [1.29, 1.82) is 0 Å². The predicted octanol–water partition coefficient (Wildman–Crippen LogP) is 2.10. The lowest BCUT2D eigenvalue weighted by Crippen LogP contribution is -2.30. The van der Waals surface area contributed by atoms with Gasteiger partial charge in [0.2, 0.25) is 0 Å². The van der Waals surface area contributed by atoms with Crippen molar-refractivity contribution in [3.8, 4) is 0 Å². The third-order valence-corrected chi connectivity index (χ3v) is 3.16. The number of halogens is 2. The van der Waals surface area contributed by atoms with Crippen molar-refractivity contribution in [3.63, 3.8) is 0 Å². The summed E-state index contributed by atoms with van der Waals surface area (Å²) < 4.78 is 26.1. The molecule has 1 aromatic carbocycles. The molecule has 1 atom stereocenters. The molecule has 5 nitrogen and oxygen atoms in total. The Morgan fingerprint density at radius 3 is 2.60 bits per heavy atom. The van der Waals surface area contributed by atoms with Crippen molar-refractivity contribution in [2.75, 3.05) is 12.8 Å². The molecule has 1 unspecified atom stereocenters. The number of carbonyl (C=O) groups is 1. The van der Waals surface area contributed by atoms with Crippen LogP contribution in [0.5, 0.6) is 0 Å². The van der Waals surface area contributed by atoms with Crippen molar-refractivity contribution < 1.29 is 13.6 Å². The number of amides is 1. The number of anilines is 1. The van der Waals surface area contributed by atoms with E-state index in [2.05, 4.69) is 10.2 Å². The third-order valence-electron chi connectivity index (χ3n) is 3.16. The van der Waals surface area contributed by atoms with Gasteiger partial charge in [0, 0.05) is 13.1 Å². The molecule has 0 aliphatic carbocycles. The van der Waals surface area contributed by atoms with E-state index in [0.717, 1.165) is 12.1 Å². The van der Waals surface area contributed by atoms with E-state index in [0.29, 0.717) is 5.56 Å². The molecule has 0 aliphatic rings. The number of nitrogens with one attached hydrogen (secondary N) is 1. The van der Waals surface area contributed by atoms with Crippen LogP contribution in [-0.2, 0) is 0 Å². The van der Waals surface area contributed by atoms with Crippen LogP contribution in [0.3, 0.4) is 0 Å². The number of hydrogen-bond donors (Lipinski definition) is 2. The molecule has 2 aromatic rings. The second-order valence-corrected chi connectivity index (χ2v) is 4.47. The number of H-pyrrole nitrogens is 1. The molecule has 1 aromatic heterocycles. The lowest BCUT2D eigenvalue weighted by Gasteiger charge is -2.24. The first-order valence-electron chi connectivity index (χ1n) is 5.93. The summed E-state index contributed by atoms with van der Waals surface area (Å²) in [6.07, 6.45) is 0. The highest BCUT2D eigenvalue weighted by molar-refractivity contribution is 5.93. The molecule has 1 heterocycles. The minimum absolute atomic E-state index is 0.210. The van der Waals surface area contributed by atoms with E-state index in [1.54, 1.807) is 14.0 Å². The van der Waals surface area contributed by atoms with E-state index in [1.807, 2.05) is 0 Å². The Morgan fingerprint density at radius 2 is 2.05 bits per heavy atom. The van der Waals surface area contributed by atoms with E-state index >= 15 is 0 Å². The van der Waals surface area contributed by atoms with Crippen molar-refractivity contribution in [2.45, 2.75) is 13.0 Å². The fourth-order valence-corrected chi connectivity index (χ4v) is 1.81. The standard InChI is InChI=1S/C13H14F2N4O/c1-7(8-3-4-9(14)10(15)5-8)19(2)13(20)11-6-12(16)18-17-11/h3-7H,1-2H3,(H3,16,17,18). The van der Waals surface area contributed by atoms with Gasteiger partial charge in [0.05, 0.1) is 6.04 Å². The number of aromatic amines is 1. The normalized spacial score (nSPS) is 12.2. The second kappa shape index (κ2) is 5.28. The van der Waals surface area contributed by atoms with Crippen molar-refractivity contribution in [2.24, 2.45) is 0 Å². The highest BCUT2D eigenvalue weighted by Gasteiger charge is 2.21. The van der Waals surface area contributed by atoms with Gasteiger partial charge in [0.25, 0.3) is 5.91 Å². The maximum atomic E-state index is 13.2. The van der Waals surface area contributed by atoms with Crippen LogP contribution in [0.25, 0.3) is 0 Å². The summed E-state index contributed by atoms with van der Waals surface area (Å²) in [7, 11) is 1.56. The topological polar surface area (TPSA) is 75.0 Å². The van der Waals surface area contributed by atoms with Crippen molar-refractivity contribution >= 4 is 11.7 Å². The zero-order valence-electron chi connectivity index (χ0n) is 11.0. The van der Waals surface area contributed by atoms with Gasteiger partial charge in [0.1, 0.15) is 11.5 Å². The predicted molar refractivity (Wildman–Crippen MR) is 69.9 cm³/mol. The molecule has 0 saturated heterocycles. The summed E-state index contributed by atoms with van der Waals surface area (Å²) in [6.45, 7) is 1.71. The Morgan fingerprint density at radius 1 is 1.35 bits per heavy atom. The van der Waals surface area contributed by atoms with E-state index in [1.165, 1.54) is 17.0 Å². The fourth-order valence-electron chi connectivity index (χ4n) is 1.81. The lowest BCUT2D eigenvalue weighted by atomic mass is 10.1. The van der Waals surface area contributed by atoms with Crippen LogP contribution in [-0.4, -0.2) is 28.1 Å². The van der Waals surface area contributed by atoms with Crippen LogP contribution in [0.2, 0.25) is 0 Å². The summed E-state index contributed by atoms with van der Waals surface area (Å²) in [4.78, 5) is 13.5. The average Bonchev–Trinajstić information content (AvgIpc) is 2.86. The maximum Gasteiger partial charge on any atom is 0.272 e. The molecule has 1 amide bonds. The van der Waals surface area contributed by atoms with Crippen LogP contribution in [0.1, 0.15) is 29.0 Å².